The van der Waals surface area contributed by atoms with Gasteiger partial charge in [0, 0.05) is 24.3 Å². The van der Waals surface area contributed by atoms with Crippen LogP contribution in [0, 0.1) is 0 Å². The third kappa shape index (κ3) is 1.98. The van der Waals surface area contributed by atoms with Crippen molar-refractivity contribution in [1.29, 1.82) is 0 Å². The van der Waals surface area contributed by atoms with Crippen LogP contribution in [-0.4, -0.2) is 21.8 Å². The van der Waals surface area contributed by atoms with Crippen LogP contribution in [0.15, 0.2) is 30.6 Å². The lowest BCUT2D eigenvalue weighted by molar-refractivity contribution is 0.522. The molecule has 1 fully saturated rings. The first-order valence-corrected chi connectivity index (χ1v) is 6.56. The molecule has 0 unspecified atom stereocenters. The van der Waals surface area contributed by atoms with Gasteiger partial charge in [-0.15, -0.1) is 10.2 Å². The van der Waals surface area contributed by atoms with Crippen LogP contribution in [0.25, 0.3) is 11.4 Å². The molecule has 0 aliphatic heterocycles. The Morgan fingerprint density at radius 3 is 2.56 bits per heavy atom. The monoisotopic (exact) mass is 242 g/mol. The van der Waals surface area contributed by atoms with Gasteiger partial charge in [-0.2, -0.15) is 0 Å². The average Bonchev–Trinajstić information content (AvgIpc) is 3.09. The van der Waals surface area contributed by atoms with Crippen molar-refractivity contribution in [3.8, 4) is 11.4 Å². The van der Waals surface area contributed by atoms with E-state index in [2.05, 4.69) is 44.3 Å². The maximum Gasteiger partial charge on any atom is 0.164 e. The number of hydrogen-bond donors (Lipinski definition) is 1. The Morgan fingerprint density at radius 1 is 1.17 bits per heavy atom. The van der Waals surface area contributed by atoms with Gasteiger partial charge in [0.05, 0.1) is 0 Å². The van der Waals surface area contributed by atoms with Gasteiger partial charge in [-0.05, 0) is 37.1 Å². The van der Waals surface area contributed by atoms with E-state index in [-0.39, 0.29) is 0 Å². The second-order valence-electron chi connectivity index (χ2n) is 4.83. The summed E-state index contributed by atoms with van der Waals surface area (Å²) >= 11 is 0. The molecule has 4 nitrogen and oxygen atoms in total. The minimum Gasteiger partial charge on any atom is -0.388 e. The minimum absolute atomic E-state index is 0.582. The molecule has 94 valence electrons. The van der Waals surface area contributed by atoms with Gasteiger partial charge in [-0.25, -0.2) is 0 Å². The molecule has 1 aromatic heterocycles. The highest BCUT2D eigenvalue weighted by atomic mass is 15.3. The van der Waals surface area contributed by atoms with E-state index in [0.717, 1.165) is 17.1 Å². The van der Waals surface area contributed by atoms with Gasteiger partial charge in [-0.1, -0.05) is 12.8 Å². The highest BCUT2D eigenvalue weighted by Crippen LogP contribution is 2.32. The number of benzene rings is 1. The molecular formula is C14H18N4. The first kappa shape index (κ1) is 11.3. The van der Waals surface area contributed by atoms with E-state index in [9.17, 15) is 0 Å². The first-order valence-electron chi connectivity index (χ1n) is 6.56. The van der Waals surface area contributed by atoms with Crippen molar-refractivity contribution in [3.05, 3.63) is 30.6 Å². The van der Waals surface area contributed by atoms with Crippen molar-refractivity contribution >= 4 is 5.69 Å². The van der Waals surface area contributed by atoms with Crippen LogP contribution in [0.4, 0.5) is 5.69 Å². The largest absolute Gasteiger partial charge is 0.388 e. The van der Waals surface area contributed by atoms with E-state index >= 15 is 0 Å². The summed E-state index contributed by atoms with van der Waals surface area (Å²) in [7, 11) is 1.93. The molecule has 0 spiro atoms. The normalized spacial score (nSPS) is 16.1. The molecule has 1 aliphatic rings. The number of aromatic nitrogens is 3. The molecule has 1 aromatic carbocycles. The van der Waals surface area contributed by atoms with Gasteiger partial charge < -0.3 is 9.88 Å². The molecule has 4 heteroatoms. The molecule has 0 bridgehead atoms. The Kier molecular flexibility index (Phi) is 3.00. The van der Waals surface area contributed by atoms with Gasteiger partial charge in [-0.3, -0.25) is 0 Å². The molecule has 0 atom stereocenters. The number of nitrogens with zero attached hydrogens (tertiary/aromatic N) is 3. The Hall–Kier alpha value is -1.84. The second kappa shape index (κ2) is 4.80. The molecule has 1 heterocycles. The van der Waals surface area contributed by atoms with Crippen LogP contribution in [-0.2, 0) is 0 Å². The number of hydrogen-bond acceptors (Lipinski definition) is 3. The van der Waals surface area contributed by atoms with Crippen LogP contribution < -0.4 is 5.32 Å². The van der Waals surface area contributed by atoms with Crippen LogP contribution in [0.1, 0.15) is 31.7 Å². The summed E-state index contributed by atoms with van der Waals surface area (Å²) in [6, 6.07) is 8.92. The van der Waals surface area contributed by atoms with Gasteiger partial charge >= 0.3 is 0 Å². The van der Waals surface area contributed by atoms with Crippen LogP contribution in [0.5, 0.6) is 0 Å². The van der Waals surface area contributed by atoms with Gasteiger partial charge in [0.25, 0.3) is 0 Å². The fourth-order valence-corrected chi connectivity index (χ4v) is 2.68. The summed E-state index contributed by atoms with van der Waals surface area (Å²) in [4.78, 5) is 0. The molecule has 3 rings (SSSR count). The molecule has 18 heavy (non-hydrogen) atoms. The Morgan fingerprint density at radius 2 is 1.89 bits per heavy atom. The lowest BCUT2D eigenvalue weighted by atomic mass is 10.1. The van der Waals surface area contributed by atoms with Crippen LogP contribution >= 0.6 is 0 Å². The molecule has 0 radical (unpaired) electrons. The Labute approximate surface area is 107 Å². The highest BCUT2D eigenvalue weighted by Gasteiger charge is 2.20. The lowest BCUT2D eigenvalue weighted by Crippen LogP contribution is -2.05. The number of anilines is 1. The van der Waals surface area contributed by atoms with Crippen LogP contribution in [0.3, 0.4) is 0 Å². The maximum absolute atomic E-state index is 4.28. The van der Waals surface area contributed by atoms with E-state index in [1.165, 1.54) is 25.7 Å². The molecular weight excluding hydrogens is 224 g/mol. The molecule has 2 aromatic rings. The zero-order valence-electron chi connectivity index (χ0n) is 10.6. The predicted octanol–water partition coefficient (Wildman–Crippen LogP) is 3.10. The minimum atomic E-state index is 0.582. The fraction of sp³-hybridized carbons (Fsp3) is 0.429. The lowest BCUT2D eigenvalue weighted by Gasteiger charge is -2.13. The first-order chi connectivity index (χ1) is 8.88. The third-order valence-corrected chi connectivity index (χ3v) is 3.72. The maximum atomic E-state index is 4.28. The molecule has 0 saturated heterocycles. The SMILES string of the molecule is CNc1ccc(-c2nncn2C2CCCC2)cc1. The summed E-state index contributed by atoms with van der Waals surface area (Å²) < 4.78 is 2.24. The van der Waals surface area contributed by atoms with Gasteiger partial charge in [0.1, 0.15) is 6.33 Å². The van der Waals surface area contributed by atoms with E-state index < -0.39 is 0 Å². The van der Waals surface area contributed by atoms with E-state index in [1.807, 2.05) is 13.4 Å². The van der Waals surface area contributed by atoms with Gasteiger partial charge in [0.15, 0.2) is 5.82 Å². The zero-order chi connectivity index (χ0) is 12.4. The smallest absolute Gasteiger partial charge is 0.164 e. The average molecular weight is 242 g/mol. The second-order valence-corrected chi connectivity index (χ2v) is 4.83. The molecule has 1 N–H and O–H groups in total. The van der Waals surface area contributed by atoms with Crippen molar-refractivity contribution in [2.75, 3.05) is 12.4 Å². The number of rotatable bonds is 3. The quantitative estimate of drug-likeness (QED) is 0.899. The Balaban J connectivity index is 1.93. The van der Waals surface area contributed by atoms with E-state index in [4.69, 9.17) is 0 Å². The van der Waals surface area contributed by atoms with Crippen molar-refractivity contribution in [1.82, 2.24) is 14.8 Å². The summed E-state index contributed by atoms with van der Waals surface area (Å²) in [5, 5.41) is 11.5. The molecule has 0 amide bonds. The van der Waals surface area contributed by atoms with Crippen molar-refractivity contribution < 1.29 is 0 Å². The van der Waals surface area contributed by atoms with E-state index in [1.54, 1.807) is 0 Å². The van der Waals surface area contributed by atoms with E-state index in [0.29, 0.717) is 6.04 Å². The summed E-state index contributed by atoms with van der Waals surface area (Å²) in [5.74, 6) is 0.990. The molecule has 1 saturated carbocycles. The summed E-state index contributed by atoms with van der Waals surface area (Å²) in [6.45, 7) is 0. The third-order valence-electron chi connectivity index (χ3n) is 3.72. The zero-order valence-corrected chi connectivity index (χ0v) is 10.6. The summed E-state index contributed by atoms with van der Waals surface area (Å²) in [6.07, 6.45) is 7.01. The number of nitrogens with one attached hydrogen (secondary N) is 1. The van der Waals surface area contributed by atoms with Crippen molar-refractivity contribution in [2.45, 2.75) is 31.7 Å². The Bertz CT molecular complexity index is 509. The summed E-state index contributed by atoms with van der Waals surface area (Å²) in [5.41, 5.74) is 2.25. The predicted molar refractivity (Wildman–Crippen MR) is 72.5 cm³/mol. The topological polar surface area (TPSA) is 42.7 Å². The molecule has 1 aliphatic carbocycles. The standard InChI is InChI=1S/C14H18N4/c1-15-12-8-6-11(7-9-12)14-17-16-10-18(14)13-4-2-3-5-13/h6-10,13,15H,2-5H2,1H3. The van der Waals surface area contributed by atoms with Crippen molar-refractivity contribution in [2.24, 2.45) is 0 Å². The fourth-order valence-electron chi connectivity index (χ4n) is 2.68. The van der Waals surface area contributed by atoms with Crippen molar-refractivity contribution in [3.63, 3.8) is 0 Å². The van der Waals surface area contributed by atoms with Crippen LogP contribution in [0.2, 0.25) is 0 Å². The highest BCUT2D eigenvalue weighted by molar-refractivity contribution is 5.59. The van der Waals surface area contributed by atoms with Gasteiger partial charge in [0.2, 0.25) is 0 Å².